The third-order valence-electron chi connectivity index (χ3n) is 1.96. The van der Waals surface area contributed by atoms with Gasteiger partial charge in [-0.3, -0.25) is 9.59 Å². The van der Waals surface area contributed by atoms with E-state index in [2.05, 4.69) is 5.32 Å². The van der Waals surface area contributed by atoms with Gasteiger partial charge < -0.3 is 15.2 Å². The Morgan fingerprint density at radius 2 is 2.07 bits per heavy atom. The van der Waals surface area contributed by atoms with Crippen molar-refractivity contribution in [1.29, 1.82) is 0 Å². The Balaban J connectivity index is 3.75. The van der Waals surface area contributed by atoms with Crippen molar-refractivity contribution in [3.05, 3.63) is 0 Å². The Labute approximate surface area is 89.8 Å². The van der Waals surface area contributed by atoms with Gasteiger partial charge in [-0.25, -0.2) is 0 Å². The van der Waals surface area contributed by atoms with Gasteiger partial charge in [-0.05, 0) is 13.3 Å². The monoisotopic (exact) mass is 217 g/mol. The van der Waals surface area contributed by atoms with Gasteiger partial charge in [0.2, 0.25) is 5.91 Å². The number of ether oxygens (including phenoxy) is 1. The molecule has 0 aromatic rings. The molecule has 0 heterocycles. The van der Waals surface area contributed by atoms with E-state index in [1.807, 2.05) is 13.8 Å². The van der Waals surface area contributed by atoms with Crippen molar-refractivity contribution in [2.75, 3.05) is 13.2 Å². The van der Waals surface area contributed by atoms with E-state index in [1.54, 1.807) is 0 Å². The van der Waals surface area contributed by atoms with Gasteiger partial charge >= 0.3 is 5.97 Å². The van der Waals surface area contributed by atoms with Crippen molar-refractivity contribution in [3.8, 4) is 0 Å². The normalized spacial score (nSPS) is 12.1. The molecule has 1 atom stereocenters. The lowest BCUT2D eigenvalue weighted by molar-refractivity contribution is -0.137. The lowest BCUT2D eigenvalue weighted by Crippen LogP contribution is -2.36. The molecule has 0 aliphatic rings. The smallest absolute Gasteiger partial charge is 0.305 e. The highest BCUT2D eigenvalue weighted by atomic mass is 16.5. The molecule has 0 aromatic heterocycles. The Kier molecular flexibility index (Phi) is 7.62. The molecule has 0 saturated heterocycles. The zero-order chi connectivity index (χ0) is 11.7. The van der Waals surface area contributed by atoms with Crippen molar-refractivity contribution in [3.63, 3.8) is 0 Å². The minimum absolute atomic E-state index is 0.0309. The molecular formula is C10H19NO4. The largest absolute Gasteiger partial charge is 0.481 e. The van der Waals surface area contributed by atoms with E-state index < -0.39 is 5.97 Å². The van der Waals surface area contributed by atoms with Gasteiger partial charge in [0.25, 0.3) is 0 Å². The van der Waals surface area contributed by atoms with Crippen LogP contribution in [0.5, 0.6) is 0 Å². The van der Waals surface area contributed by atoms with E-state index in [-0.39, 0.29) is 24.8 Å². The first-order valence-electron chi connectivity index (χ1n) is 5.19. The van der Waals surface area contributed by atoms with Crippen molar-refractivity contribution in [2.24, 2.45) is 0 Å². The van der Waals surface area contributed by atoms with Crippen molar-refractivity contribution < 1.29 is 19.4 Å². The summed E-state index contributed by atoms with van der Waals surface area (Å²) in [6.07, 6.45) is 0.869. The molecule has 0 saturated carbocycles. The number of carbonyl (C=O) groups is 2. The number of nitrogens with one attached hydrogen (secondary N) is 1. The zero-order valence-electron chi connectivity index (χ0n) is 9.28. The number of carboxylic acid groups (broad SMARTS) is 1. The third kappa shape index (κ3) is 7.93. The average molecular weight is 217 g/mol. The maximum atomic E-state index is 11.3. The summed E-state index contributed by atoms with van der Waals surface area (Å²) in [4.78, 5) is 21.7. The van der Waals surface area contributed by atoms with Crippen molar-refractivity contribution in [1.82, 2.24) is 5.32 Å². The van der Waals surface area contributed by atoms with Crippen LogP contribution in [0.1, 0.15) is 33.1 Å². The molecule has 0 fully saturated rings. The number of amides is 1. The van der Waals surface area contributed by atoms with Crippen LogP contribution in [0.25, 0.3) is 0 Å². The standard InChI is InChI=1S/C10H19NO4/c1-3-8(7-10(13)14)11-9(12)5-6-15-4-2/h8H,3-7H2,1-2H3,(H,11,12)(H,13,14). The number of hydrogen-bond donors (Lipinski definition) is 2. The quantitative estimate of drug-likeness (QED) is 0.589. The third-order valence-corrected chi connectivity index (χ3v) is 1.96. The molecule has 88 valence electrons. The fourth-order valence-corrected chi connectivity index (χ4v) is 1.12. The molecule has 15 heavy (non-hydrogen) atoms. The maximum Gasteiger partial charge on any atom is 0.305 e. The molecule has 0 aromatic carbocycles. The molecule has 0 aliphatic heterocycles. The SMILES string of the molecule is CCOCCC(=O)NC(CC)CC(=O)O. The first-order chi connectivity index (χ1) is 7.10. The van der Waals surface area contributed by atoms with Crippen LogP contribution in [-0.4, -0.2) is 36.2 Å². The first-order valence-corrected chi connectivity index (χ1v) is 5.19. The minimum atomic E-state index is -0.896. The number of carboxylic acids is 1. The van der Waals surface area contributed by atoms with E-state index in [9.17, 15) is 9.59 Å². The lowest BCUT2D eigenvalue weighted by Gasteiger charge is -2.14. The highest BCUT2D eigenvalue weighted by Gasteiger charge is 2.13. The van der Waals surface area contributed by atoms with Crippen molar-refractivity contribution >= 4 is 11.9 Å². The molecule has 0 rings (SSSR count). The Morgan fingerprint density at radius 1 is 1.40 bits per heavy atom. The van der Waals surface area contributed by atoms with Crippen LogP contribution in [0.3, 0.4) is 0 Å². The second-order valence-electron chi connectivity index (χ2n) is 3.22. The van der Waals surface area contributed by atoms with Gasteiger partial charge in [-0.2, -0.15) is 0 Å². The fourth-order valence-electron chi connectivity index (χ4n) is 1.12. The Hall–Kier alpha value is -1.10. The Bertz CT molecular complexity index is 206. The van der Waals surface area contributed by atoms with Crippen molar-refractivity contribution in [2.45, 2.75) is 39.2 Å². The van der Waals surface area contributed by atoms with Gasteiger partial charge in [0, 0.05) is 19.1 Å². The Morgan fingerprint density at radius 3 is 2.53 bits per heavy atom. The van der Waals surface area contributed by atoms with Crippen LogP contribution >= 0.6 is 0 Å². The number of aliphatic carboxylic acids is 1. The second-order valence-corrected chi connectivity index (χ2v) is 3.22. The number of hydrogen-bond acceptors (Lipinski definition) is 3. The summed E-state index contributed by atoms with van der Waals surface area (Å²) in [5, 5.41) is 11.2. The van der Waals surface area contributed by atoms with E-state index in [0.29, 0.717) is 19.6 Å². The van der Waals surface area contributed by atoms with Crippen LogP contribution < -0.4 is 5.32 Å². The molecule has 2 N–H and O–H groups in total. The second kappa shape index (κ2) is 8.23. The van der Waals surface area contributed by atoms with E-state index in [0.717, 1.165) is 0 Å². The number of carbonyl (C=O) groups excluding carboxylic acids is 1. The molecule has 0 spiro atoms. The van der Waals surface area contributed by atoms with Gasteiger partial charge in [-0.15, -0.1) is 0 Å². The topological polar surface area (TPSA) is 75.6 Å². The molecule has 1 unspecified atom stereocenters. The number of rotatable bonds is 8. The molecular weight excluding hydrogens is 198 g/mol. The van der Waals surface area contributed by atoms with E-state index >= 15 is 0 Å². The summed E-state index contributed by atoms with van der Waals surface area (Å²) in [5.74, 6) is -1.05. The molecule has 5 nitrogen and oxygen atoms in total. The fraction of sp³-hybridized carbons (Fsp3) is 0.800. The van der Waals surface area contributed by atoms with Crippen LogP contribution in [0.15, 0.2) is 0 Å². The molecule has 0 radical (unpaired) electrons. The van der Waals surface area contributed by atoms with Gasteiger partial charge in [-0.1, -0.05) is 6.92 Å². The molecule has 0 aliphatic carbocycles. The molecule has 0 bridgehead atoms. The van der Waals surface area contributed by atoms with Gasteiger partial charge in [0.15, 0.2) is 0 Å². The van der Waals surface area contributed by atoms with Gasteiger partial charge in [0.1, 0.15) is 0 Å². The summed E-state index contributed by atoms with van der Waals surface area (Å²) in [6, 6.07) is -0.281. The highest BCUT2D eigenvalue weighted by molar-refractivity contribution is 5.77. The summed E-state index contributed by atoms with van der Waals surface area (Å²) in [5.41, 5.74) is 0. The highest BCUT2D eigenvalue weighted by Crippen LogP contribution is 1.98. The van der Waals surface area contributed by atoms with Crippen LogP contribution in [0.4, 0.5) is 0 Å². The zero-order valence-corrected chi connectivity index (χ0v) is 9.28. The lowest BCUT2D eigenvalue weighted by atomic mass is 10.1. The predicted molar refractivity (Wildman–Crippen MR) is 55.6 cm³/mol. The summed E-state index contributed by atoms with van der Waals surface area (Å²) in [7, 11) is 0. The summed E-state index contributed by atoms with van der Waals surface area (Å²) < 4.78 is 5.02. The predicted octanol–water partition coefficient (Wildman–Crippen LogP) is 0.782. The van der Waals surface area contributed by atoms with Crippen LogP contribution in [0.2, 0.25) is 0 Å². The van der Waals surface area contributed by atoms with Gasteiger partial charge in [0.05, 0.1) is 13.0 Å². The molecule has 5 heteroatoms. The van der Waals surface area contributed by atoms with E-state index in [1.165, 1.54) is 0 Å². The maximum absolute atomic E-state index is 11.3. The summed E-state index contributed by atoms with van der Waals surface area (Å²) >= 11 is 0. The first kappa shape index (κ1) is 13.9. The average Bonchev–Trinajstić information content (AvgIpc) is 2.16. The van der Waals surface area contributed by atoms with Crippen LogP contribution in [0, 0.1) is 0 Å². The van der Waals surface area contributed by atoms with E-state index in [4.69, 9.17) is 9.84 Å². The van der Waals surface area contributed by atoms with Crippen LogP contribution in [-0.2, 0) is 14.3 Å². The minimum Gasteiger partial charge on any atom is -0.481 e. The summed E-state index contributed by atoms with van der Waals surface area (Å²) in [6.45, 7) is 4.67. The molecule has 1 amide bonds.